The maximum atomic E-state index is 11.2. The zero-order valence-corrected chi connectivity index (χ0v) is 16.2. The van der Waals surface area contributed by atoms with Crippen molar-refractivity contribution >= 4 is 5.82 Å². The fraction of sp³-hybridized carbons (Fsp3) is 0.545. The highest BCUT2D eigenvalue weighted by Gasteiger charge is 2.34. The van der Waals surface area contributed by atoms with Crippen molar-refractivity contribution in [1.82, 2.24) is 9.97 Å². The molecule has 2 aliphatic rings. The van der Waals surface area contributed by atoms with Gasteiger partial charge in [0.05, 0.1) is 5.60 Å². The first-order valence-electron chi connectivity index (χ1n) is 10.1. The van der Waals surface area contributed by atoms with Crippen LogP contribution >= 0.6 is 0 Å². The highest BCUT2D eigenvalue weighted by atomic mass is 16.5. The summed E-state index contributed by atoms with van der Waals surface area (Å²) in [7, 11) is 0. The molecular formula is C22H29N3O2. The smallest absolute Gasteiger partial charge is 0.136 e. The molecule has 0 unspecified atom stereocenters. The van der Waals surface area contributed by atoms with E-state index in [2.05, 4.69) is 29.2 Å². The molecule has 1 aliphatic heterocycles. The molecule has 0 atom stereocenters. The van der Waals surface area contributed by atoms with Crippen molar-refractivity contribution in [3.8, 4) is 0 Å². The number of aliphatic hydroxyl groups is 1. The molecule has 0 saturated carbocycles. The van der Waals surface area contributed by atoms with E-state index >= 15 is 0 Å². The zero-order chi connectivity index (χ0) is 18.7. The van der Waals surface area contributed by atoms with Gasteiger partial charge in [0.15, 0.2) is 0 Å². The van der Waals surface area contributed by atoms with E-state index in [9.17, 15) is 5.11 Å². The van der Waals surface area contributed by atoms with Crippen LogP contribution in [-0.2, 0) is 24.1 Å². The third kappa shape index (κ3) is 4.30. The summed E-state index contributed by atoms with van der Waals surface area (Å²) in [5, 5.41) is 11.2. The van der Waals surface area contributed by atoms with Gasteiger partial charge >= 0.3 is 0 Å². The molecular weight excluding hydrogens is 338 g/mol. The van der Waals surface area contributed by atoms with Crippen LogP contribution in [0.15, 0.2) is 30.3 Å². The molecule has 4 rings (SSSR count). The summed E-state index contributed by atoms with van der Waals surface area (Å²) in [6.45, 7) is 4.54. The summed E-state index contributed by atoms with van der Waals surface area (Å²) in [4.78, 5) is 11.8. The summed E-state index contributed by atoms with van der Waals surface area (Å²) in [5.41, 5.74) is 2.97. The van der Waals surface area contributed by atoms with Gasteiger partial charge < -0.3 is 14.7 Å². The number of benzene rings is 1. The Morgan fingerprint density at radius 3 is 2.59 bits per heavy atom. The van der Waals surface area contributed by atoms with Crippen LogP contribution in [0.1, 0.15) is 48.3 Å². The standard InChI is InChI=1S/C22H29N3O2/c1-17-23-20-10-6-5-9-19(20)21(24-17)25(15-18-7-3-2-4-8-18)16-22(26)11-13-27-14-12-22/h2-4,7-8,26H,5-6,9-16H2,1H3. The zero-order valence-electron chi connectivity index (χ0n) is 16.2. The van der Waals surface area contributed by atoms with Crippen LogP contribution in [0.2, 0.25) is 0 Å². The largest absolute Gasteiger partial charge is 0.388 e. The molecule has 1 saturated heterocycles. The van der Waals surface area contributed by atoms with E-state index in [-0.39, 0.29) is 0 Å². The number of ether oxygens (including phenoxy) is 1. The second-order valence-corrected chi connectivity index (χ2v) is 7.91. The Balaban J connectivity index is 1.70. The second-order valence-electron chi connectivity index (χ2n) is 7.91. The lowest BCUT2D eigenvalue weighted by Gasteiger charge is -2.38. The predicted molar refractivity (Wildman–Crippen MR) is 106 cm³/mol. The maximum absolute atomic E-state index is 11.2. The van der Waals surface area contributed by atoms with Gasteiger partial charge in [-0.2, -0.15) is 0 Å². The molecule has 0 spiro atoms. The first-order valence-corrected chi connectivity index (χ1v) is 10.1. The number of rotatable bonds is 5. The third-order valence-corrected chi connectivity index (χ3v) is 5.70. The molecule has 1 aromatic heterocycles. The average Bonchev–Trinajstić information content (AvgIpc) is 2.68. The van der Waals surface area contributed by atoms with Crippen LogP contribution in [-0.4, -0.2) is 40.4 Å². The molecule has 5 heteroatoms. The SMILES string of the molecule is Cc1nc2c(c(N(Cc3ccccc3)CC3(O)CCOCC3)n1)CCCC2. The Labute approximate surface area is 161 Å². The average molecular weight is 367 g/mol. The number of nitrogens with zero attached hydrogens (tertiary/aromatic N) is 3. The summed E-state index contributed by atoms with van der Waals surface area (Å²) in [5.74, 6) is 1.84. The normalized spacial score (nSPS) is 18.7. The summed E-state index contributed by atoms with van der Waals surface area (Å²) in [6.07, 6.45) is 5.78. The van der Waals surface area contributed by atoms with Crippen LogP contribution < -0.4 is 4.90 Å². The van der Waals surface area contributed by atoms with Crippen LogP contribution in [0.25, 0.3) is 0 Å². The van der Waals surface area contributed by atoms with Gasteiger partial charge in [0.2, 0.25) is 0 Å². The van der Waals surface area contributed by atoms with Gasteiger partial charge in [-0.05, 0) is 38.2 Å². The molecule has 0 bridgehead atoms. The highest BCUT2D eigenvalue weighted by Crippen LogP contribution is 2.31. The van der Waals surface area contributed by atoms with E-state index in [0.29, 0.717) is 32.6 Å². The van der Waals surface area contributed by atoms with E-state index in [1.54, 1.807) is 0 Å². The van der Waals surface area contributed by atoms with Crippen LogP contribution in [0.4, 0.5) is 5.82 Å². The molecule has 1 aliphatic carbocycles. The van der Waals surface area contributed by atoms with Crippen molar-refractivity contribution in [3.63, 3.8) is 0 Å². The fourth-order valence-corrected chi connectivity index (χ4v) is 4.23. The highest BCUT2D eigenvalue weighted by molar-refractivity contribution is 5.51. The van der Waals surface area contributed by atoms with Crippen molar-refractivity contribution in [3.05, 3.63) is 53.0 Å². The lowest BCUT2D eigenvalue weighted by Crippen LogP contribution is -2.47. The molecule has 2 aromatic rings. The molecule has 27 heavy (non-hydrogen) atoms. The molecule has 2 heterocycles. The Kier molecular flexibility index (Phi) is 5.41. The molecule has 1 aromatic carbocycles. The van der Waals surface area contributed by atoms with E-state index < -0.39 is 5.60 Å². The maximum Gasteiger partial charge on any atom is 0.136 e. The van der Waals surface area contributed by atoms with Crippen LogP contribution in [0, 0.1) is 6.92 Å². The summed E-state index contributed by atoms with van der Waals surface area (Å²) in [6, 6.07) is 10.5. The number of fused-ring (bicyclic) bond motifs is 1. The Morgan fingerprint density at radius 1 is 1.07 bits per heavy atom. The lowest BCUT2D eigenvalue weighted by atomic mass is 9.92. The number of hydrogen-bond donors (Lipinski definition) is 1. The van der Waals surface area contributed by atoms with Crippen LogP contribution in [0.5, 0.6) is 0 Å². The van der Waals surface area contributed by atoms with Crippen molar-refractivity contribution < 1.29 is 9.84 Å². The number of aromatic nitrogens is 2. The lowest BCUT2D eigenvalue weighted by molar-refractivity contribution is -0.0580. The van der Waals surface area contributed by atoms with E-state index in [1.807, 2.05) is 13.0 Å². The van der Waals surface area contributed by atoms with Crippen molar-refractivity contribution in [2.75, 3.05) is 24.7 Å². The molecule has 0 amide bonds. The first-order chi connectivity index (χ1) is 13.1. The molecule has 1 N–H and O–H groups in total. The third-order valence-electron chi connectivity index (χ3n) is 5.70. The van der Waals surface area contributed by atoms with Gasteiger partial charge in [-0.25, -0.2) is 9.97 Å². The van der Waals surface area contributed by atoms with Crippen molar-refractivity contribution in [2.45, 2.75) is 57.6 Å². The Bertz CT molecular complexity index is 773. The minimum absolute atomic E-state index is 0.578. The molecule has 0 radical (unpaired) electrons. The van der Waals surface area contributed by atoms with Gasteiger partial charge in [0.1, 0.15) is 11.6 Å². The van der Waals surface area contributed by atoms with E-state index in [4.69, 9.17) is 14.7 Å². The van der Waals surface area contributed by atoms with Crippen molar-refractivity contribution in [1.29, 1.82) is 0 Å². The topological polar surface area (TPSA) is 58.5 Å². The van der Waals surface area contributed by atoms with Crippen LogP contribution in [0.3, 0.4) is 0 Å². The molecule has 5 nitrogen and oxygen atoms in total. The monoisotopic (exact) mass is 367 g/mol. The van der Waals surface area contributed by atoms with Gasteiger partial charge in [-0.3, -0.25) is 0 Å². The van der Waals surface area contributed by atoms with Gasteiger partial charge in [-0.15, -0.1) is 0 Å². The quantitative estimate of drug-likeness (QED) is 0.879. The number of aryl methyl sites for hydroxylation is 2. The second kappa shape index (κ2) is 7.95. The fourth-order valence-electron chi connectivity index (χ4n) is 4.23. The van der Waals surface area contributed by atoms with E-state index in [1.165, 1.54) is 29.7 Å². The minimum Gasteiger partial charge on any atom is -0.388 e. The predicted octanol–water partition coefficient (Wildman–Crippen LogP) is 3.21. The molecule has 1 fully saturated rings. The Hall–Kier alpha value is -1.98. The van der Waals surface area contributed by atoms with E-state index in [0.717, 1.165) is 31.0 Å². The minimum atomic E-state index is -0.729. The van der Waals surface area contributed by atoms with Gasteiger partial charge in [0, 0.05) is 50.4 Å². The first kappa shape index (κ1) is 18.4. The van der Waals surface area contributed by atoms with Gasteiger partial charge in [-0.1, -0.05) is 30.3 Å². The Morgan fingerprint density at radius 2 is 1.81 bits per heavy atom. The van der Waals surface area contributed by atoms with Crippen molar-refractivity contribution in [2.24, 2.45) is 0 Å². The molecule has 144 valence electrons. The summed E-state index contributed by atoms with van der Waals surface area (Å²) < 4.78 is 5.48. The number of hydrogen-bond acceptors (Lipinski definition) is 5. The van der Waals surface area contributed by atoms with Gasteiger partial charge in [0.25, 0.3) is 0 Å². The number of anilines is 1. The summed E-state index contributed by atoms with van der Waals surface area (Å²) >= 11 is 0.